The molecule has 0 aliphatic carbocycles. The van der Waals surface area contributed by atoms with E-state index in [1.807, 2.05) is 12.1 Å². The summed E-state index contributed by atoms with van der Waals surface area (Å²) in [5.74, 6) is 1.54. The molecular formula is C16H22N2O3. The molecule has 0 radical (unpaired) electrons. The Balaban J connectivity index is 1.66. The fraction of sp³-hybridized carbons (Fsp3) is 0.562. The molecule has 1 saturated heterocycles. The monoisotopic (exact) mass is 290 g/mol. The van der Waals surface area contributed by atoms with E-state index in [4.69, 9.17) is 9.47 Å². The van der Waals surface area contributed by atoms with Gasteiger partial charge in [0.25, 0.3) is 0 Å². The van der Waals surface area contributed by atoms with E-state index >= 15 is 0 Å². The first-order valence-electron chi connectivity index (χ1n) is 7.65. The van der Waals surface area contributed by atoms with Crippen LogP contribution in [0.25, 0.3) is 0 Å². The van der Waals surface area contributed by atoms with Crippen LogP contribution in [0.3, 0.4) is 0 Å². The number of hydrogen-bond acceptors (Lipinski definition) is 5. The Morgan fingerprint density at radius 1 is 1.29 bits per heavy atom. The zero-order chi connectivity index (χ0) is 14.7. The van der Waals surface area contributed by atoms with Gasteiger partial charge in [-0.1, -0.05) is 6.92 Å². The molecule has 5 heteroatoms. The predicted octanol–water partition coefficient (Wildman–Crippen LogP) is 1.67. The zero-order valence-electron chi connectivity index (χ0n) is 12.4. The molecule has 1 fully saturated rings. The van der Waals surface area contributed by atoms with Crippen molar-refractivity contribution in [3.8, 4) is 11.5 Å². The number of ketones is 1. The van der Waals surface area contributed by atoms with E-state index in [9.17, 15) is 4.79 Å². The highest BCUT2D eigenvalue weighted by molar-refractivity contribution is 5.98. The van der Waals surface area contributed by atoms with E-state index in [-0.39, 0.29) is 12.6 Å². The Kier molecular flexibility index (Phi) is 4.41. The number of Topliss-reactive ketones (excluding diaryl/α,β-unsaturated/α-hetero) is 1. The average Bonchev–Trinajstić information content (AvgIpc) is 3.00. The summed E-state index contributed by atoms with van der Waals surface area (Å²) in [6.07, 6.45) is 2.23. The van der Waals surface area contributed by atoms with Gasteiger partial charge in [-0.25, -0.2) is 0 Å². The second kappa shape index (κ2) is 6.45. The average molecular weight is 290 g/mol. The summed E-state index contributed by atoms with van der Waals surface area (Å²) in [4.78, 5) is 14.8. The van der Waals surface area contributed by atoms with E-state index < -0.39 is 0 Å². The highest BCUT2D eigenvalue weighted by atomic mass is 16.7. The molecule has 1 aromatic carbocycles. The Labute approximate surface area is 125 Å². The number of piperidine rings is 1. The predicted molar refractivity (Wildman–Crippen MR) is 80.0 cm³/mol. The third-order valence-corrected chi connectivity index (χ3v) is 4.27. The number of nitrogens with one attached hydrogen (secondary N) is 1. The van der Waals surface area contributed by atoms with Crippen molar-refractivity contribution in [3.63, 3.8) is 0 Å². The van der Waals surface area contributed by atoms with Crippen molar-refractivity contribution in [2.24, 2.45) is 0 Å². The van der Waals surface area contributed by atoms with Crippen LogP contribution in [-0.4, -0.2) is 49.7 Å². The highest BCUT2D eigenvalue weighted by Crippen LogP contribution is 2.32. The zero-order valence-corrected chi connectivity index (χ0v) is 12.4. The van der Waals surface area contributed by atoms with Crippen LogP contribution in [0.1, 0.15) is 30.1 Å². The third-order valence-electron chi connectivity index (χ3n) is 4.27. The molecule has 2 aliphatic heterocycles. The molecule has 0 unspecified atom stereocenters. The highest BCUT2D eigenvalue weighted by Gasteiger charge is 2.23. The van der Waals surface area contributed by atoms with E-state index in [2.05, 4.69) is 17.1 Å². The molecular weight excluding hydrogens is 268 g/mol. The number of carbonyl (C=O) groups excluding carboxylic acids is 1. The molecule has 21 heavy (non-hydrogen) atoms. The fourth-order valence-electron chi connectivity index (χ4n) is 3.02. The lowest BCUT2D eigenvalue weighted by molar-refractivity contribution is 0.0874. The van der Waals surface area contributed by atoms with Crippen molar-refractivity contribution in [2.45, 2.75) is 25.8 Å². The number of ether oxygens (including phenoxy) is 2. The lowest BCUT2D eigenvalue weighted by Gasteiger charge is -2.33. The lowest BCUT2D eigenvalue weighted by Crippen LogP contribution is -2.45. The quantitative estimate of drug-likeness (QED) is 0.836. The van der Waals surface area contributed by atoms with Gasteiger partial charge in [0.2, 0.25) is 6.79 Å². The molecule has 3 rings (SSSR count). The molecule has 0 spiro atoms. The standard InChI is InChI=1S/C16H22N2O3/c1-2-18(13-5-7-17-8-6-13)10-14(19)12-3-4-15-16(9-12)21-11-20-15/h3-4,9,13,17H,2,5-8,10-11H2,1H3. The van der Waals surface area contributed by atoms with Crippen LogP contribution >= 0.6 is 0 Å². The van der Waals surface area contributed by atoms with Crippen LogP contribution in [0.2, 0.25) is 0 Å². The Morgan fingerprint density at radius 3 is 2.81 bits per heavy atom. The maximum absolute atomic E-state index is 12.5. The molecule has 1 N–H and O–H groups in total. The van der Waals surface area contributed by atoms with Crippen LogP contribution in [0.4, 0.5) is 0 Å². The number of hydrogen-bond donors (Lipinski definition) is 1. The molecule has 0 atom stereocenters. The van der Waals surface area contributed by atoms with Gasteiger partial charge in [0.1, 0.15) is 0 Å². The number of fused-ring (bicyclic) bond motifs is 1. The maximum atomic E-state index is 12.5. The maximum Gasteiger partial charge on any atom is 0.231 e. The molecule has 1 aromatic rings. The minimum absolute atomic E-state index is 0.147. The minimum Gasteiger partial charge on any atom is -0.454 e. The molecule has 2 heterocycles. The van der Waals surface area contributed by atoms with Gasteiger partial charge in [-0.05, 0) is 50.7 Å². The molecule has 0 saturated carbocycles. The van der Waals surface area contributed by atoms with Crippen molar-refractivity contribution >= 4 is 5.78 Å². The van der Waals surface area contributed by atoms with Crippen LogP contribution in [-0.2, 0) is 0 Å². The van der Waals surface area contributed by atoms with E-state index in [0.29, 0.717) is 23.9 Å². The van der Waals surface area contributed by atoms with Gasteiger partial charge in [0, 0.05) is 11.6 Å². The summed E-state index contributed by atoms with van der Waals surface area (Å²) in [6.45, 7) is 5.82. The first-order valence-corrected chi connectivity index (χ1v) is 7.65. The van der Waals surface area contributed by atoms with Crippen LogP contribution in [0.5, 0.6) is 11.5 Å². The van der Waals surface area contributed by atoms with Crippen molar-refractivity contribution in [1.29, 1.82) is 0 Å². The lowest BCUT2D eigenvalue weighted by atomic mass is 10.0. The Bertz CT molecular complexity index is 512. The van der Waals surface area contributed by atoms with Crippen LogP contribution in [0, 0.1) is 0 Å². The van der Waals surface area contributed by atoms with Gasteiger partial charge in [-0.3, -0.25) is 9.69 Å². The summed E-state index contributed by atoms with van der Waals surface area (Å²) in [6, 6.07) is 5.94. The number of likely N-dealkylation sites (N-methyl/N-ethyl adjacent to an activating group) is 1. The van der Waals surface area contributed by atoms with Crippen molar-refractivity contribution in [3.05, 3.63) is 23.8 Å². The van der Waals surface area contributed by atoms with Crippen molar-refractivity contribution < 1.29 is 14.3 Å². The smallest absolute Gasteiger partial charge is 0.231 e. The van der Waals surface area contributed by atoms with Crippen molar-refractivity contribution in [2.75, 3.05) is 33.0 Å². The number of rotatable bonds is 5. The Morgan fingerprint density at radius 2 is 2.05 bits per heavy atom. The van der Waals surface area contributed by atoms with Crippen LogP contribution < -0.4 is 14.8 Å². The van der Waals surface area contributed by atoms with Gasteiger partial charge < -0.3 is 14.8 Å². The van der Waals surface area contributed by atoms with Crippen molar-refractivity contribution in [1.82, 2.24) is 10.2 Å². The molecule has 0 aromatic heterocycles. The summed E-state index contributed by atoms with van der Waals surface area (Å²) in [7, 11) is 0. The molecule has 5 nitrogen and oxygen atoms in total. The minimum atomic E-state index is 0.147. The summed E-state index contributed by atoms with van der Waals surface area (Å²) in [5.41, 5.74) is 0.701. The summed E-state index contributed by atoms with van der Waals surface area (Å²) < 4.78 is 10.6. The van der Waals surface area contributed by atoms with E-state index in [0.717, 1.165) is 38.2 Å². The Hall–Kier alpha value is -1.59. The van der Waals surface area contributed by atoms with Crippen LogP contribution in [0.15, 0.2) is 18.2 Å². The number of benzene rings is 1. The number of nitrogens with zero attached hydrogens (tertiary/aromatic N) is 1. The molecule has 2 aliphatic rings. The summed E-state index contributed by atoms with van der Waals surface area (Å²) >= 11 is 0. The normalized spacial score (nSPS) is 18.2. The third kappa shape index (κ3) is 3.19. The second-order valence-corrected chi connectivity index (χ2v) is 5.54. The SMILES string of the molecule is CCN(CC(=O)c1ccc2c(c1)OCO2)C1CCNCC1. The fourth-order valence-corrected chi connectivity index (χ4v) is 3.02. The van der Waals surface area contributed by atoms with Gasteiger partial charge in [0.15, 0.2) is 17.3 Å². The van der Waals surface area contributed by atoms with Gasteiger partial charge in [0.05, 0.1) is 6.54 Å². The number of carbonyl (C=O) groups is 1. The second-order valence-electron chi connectivity index (χ2n) is 5.54. The van der Waals surface area contributed by atoms with E-state index in [1.165, 1.54) is 0 Å². The van der Waals surface area contributed by atoms with E-state index in [1.54, 1.807) is 6.07 Å². The first-order chi connectivity index (χ1) is 10.3. The van der Waals surface area contributed by atoms with Gasteiger partial charge in [-0.15, -0.1) is 0 Å². The molecule has 114 valence electrons. The van der Waals surface area contributed by atoms with Gasteiger partial charge >= 0.3 is 0 Å². The first kappa shape index (κ1) is 14.4. The molecule has 0 amide bonds. The summed E-state index contributed by atoms with van der Waals surface area (Å²) in [5, 5.41) is 3.36. The molecule has 0 bridgehead atoms. The largest absolute Gasteiger partial charge is 0.454 e. The topological polar surface area (TPSA) is 50.8 Å². The van der Waals surface area contributed by atoms with Gasteiger partial charge in [-0.2, -0.15) is 0 Å².